The van der Waals surface area contributed by atoms with Crippen molar-refractivity contribution in [2.24, 2.45) is 0 Å². The Morgan fingerprint density at radius 2 is 2.19 bits per heavy atom. The third kappa shape index (κ3) is 2.61. The number of hydrogen-bond donors (Lipinski definition) is 1. The van der Waals surface area contributed by atoms with Gasteiger partial charge in [0, 0.05) is 40.5 Å². The number of H-pyrrole nitrogens is 1. The SMILES string of the molecule is O=c1cc(CSc2nnc(-c3c[nH]c4ccccc34)o2)nc2sccn12. The third-order valence-electron chi connectivity index (χ3n) is 3.93. The molecule has 0 aliphatic rings. The van der Waals surface area contributed by atoms with Crippen LogP contribution in [0.4, 0.5) is 0 Å². The van der Waals surface area contributed by atoms with Crippen LogP contribution in [0.2, 0.25) is 0 Å². The predicted octanol–water partition coefficient (Wildman–Crippen LogP) is 3.58. The standard InChI is InChI=1S/C17H11N5O2S2/c23-14-7-10(19-16-22(14)5-6-25-16)9-26-17-21-20-15(24-17)12-8-18-13-4-2-1-3-11(12)13/h1-8,18H,9H2. The van der Waals surface area contributed by atoms with Crippen molar-refractivity contribution in [3.05, 3.63) is 64.2 Å². The molecule has 4 aromatic heterocycles. The van der Waals surface area contributed by atoms with Gasteiger partial charge in [-0.2, -0.15) is 0 Å². The number of para-hydroxylation sites is 1. The molecule has 0 bridgehead atoms. The molecule has 7 nitrogen and oxygen atoms in total. The van der Waals surface area contributed by atoms with Gasteiger partial charge in [0.05, 0.1) is 11.3 Å². The van der Waals surface area contributed by atoms with Gasteiger partial charge >= 0.3 is 0 Å². The van der Waals surface area contributed by atoms with Crippen LogP contribution < -0.4 is 5.56 Å². The van der Waals surface area contributed by atoms with Crippen molar-refractivity contribution in [2.75, 3.05) is 0 Å². The zero-order valence-corrected chi connectivity index (χ0v) is 14.9. The van der Waals surface area contributed by atoms with Crippen molar-refractivity contribution in [1.82, 2.24) is 24.6 Å². The van der Waals surface area contributed by atoms with Crippen molar-refractivity contribution in [3.8, 4) is 11.5 Å². The molecule has 0 radical (unpaired) electrons. The van der Waals surface area contributed by atoms with Crippen LogP contribution in [0.5, 0.6) is 0 Å². The molecule has 1 aromatic carbocycles. The molecule has 4 heterocycles. The van der Waals surface area contributed by atoms with E-state index >= 15 is 0 Å². The number of nitrogens with zero attached hydrogens (tertiary/aromatic N) is 4. The minimum atomic E-state index is -0.0862. The number of fused-ring (bicyclic) bond motifs is 2. The van der Waals surface area contributed by atoms with Crippen LogP contribution in [-0.2, 0) is 5.75 Å². The highest BCUT2D eigenvalue weighted by atomic mass is 32.2. The lowest BCUT2D eigenvalue weighted by Crippen LogP contribution is -2.12. The summed E-state index contributed by atoms with van der Waals surface area (Å²) in [5.41, 5.74) is 2.49. The van der Waals surface area contributed by atoms with Gasteiger partial charge in [0.15, 0.2) is 4.96 Å². The first-order valence-corrected chi connectivity index (χ1v) is 9.63. The average molecular weight is 381 g/mol. The number of aromatic nitrogens is 5. The Labute approximate surface area is 154 Å². The molecule has 0 atom stereocenters. The van der Waals surface area contributed by atoms with Gasteiger partial charge in [-0.25, -0.2) is 4.98 Å². The number of nitrogens with one attached hydrogen (secondary N) is 1. The van der Waals surface area contributed by atoms with Crippen molar-refractivity contribution < 1.29 is 4.42 Å². The van der Waals surface area contributed by atoms with Crippen molar-refractivity contribution in [3.63, 3.8) is 0 Å². The fourth-order valence-electron chi connectivity index (χ4n) is 2.72. The fraction of sp³-hybridized carbons (Fsp3) is 0.0588. The molecule has 26 heavy (non-hydrogen) atoms. The second-order valence-corrected chi connectivity index (χ2v) is 7.35. The van der Waals surface area contributed by atoms with E-state index in [1.807, 2.05) is 35.8 Å². The highest BCUT2D eigenvalue weighted by Gasteiger charge is 2.14. The first-order valence-electron chi connectivity index (χ1n) is 7.76. The number of benzene rings is 1. The van der Waals surface area contributed by atoms with E-state index < -0.39 is 0 Å². The first-order chi connectivity index (χ1) is 12.8. The Bertz CT molecular complexity index is 1280. The third-order valence-corrected chi connectivity index (χ3v) is 5.53. The average Bonchev–Trinajstić information content (AvgIpc) is 3.38. The van der Waals surface area contributed by atoms with Gasteiger partial charge in [0.2, 0.25) is 0 Å². The molecule has 0 aliphatic carbocycles. The van der Waals surface area contributed by atoms with E-state index in [4.69, 9.17) is 4.42 Å². The summed E-state index contributed by atoms with van der Waals surface area (Å²) in [4.78, 5) is 20.4. The van der Waals surface area contributed by atoms with E-state index in [2.05, 4.69) is 20.2 Å². The molecule has 5 rings (SSSR count). The zero-order valence-electron chi connectivity index (χ0n) is 13.2. The van der Waals surface area contributed by atoms with Crippen LogP contribution in [0.25, 0.3) is 27.3 Å². The predicted molar refractivity (Wildman–Crippen MR) is 100 cm³/mol. The quantitative estimate of drug-likeness (QED) is 0.479. The van der Waals surface area contributed by atoms with E-state index in [-0.39, 0.29) is 5.56 Å². The van der Waals surface area contributed by atoms with Crippen molar-refractivity contribution in [2.45, 2.75) is 11.0 Å². The molecule has 5 aromatic rings. The summed E-state index contributed by atoms with van der Waals surface area (Å²) >= 11 is 2.79. The van der Waals surface area contributed by atoms with E-state index in [0.29, 0.717) is 27.5 Å². The number of aromatic amines is 1. The maximum atomic E-state index is 12.0. The molecule has 0 saturated carbocycles. The summed E-state index contributed by atoms with van der Waals surface area (Å²) < 4.78 is 7.30. The van der Waals surface area contributed by atoms with Crippen LogP contribution in [0.1, 0.15) is 5.69 Å². The van der Waals surface area contributed by atoms with Crippen molar-refractivity contribution in [1.29, 1.82) is 0 Å². The van der Waals surface area contributed by atoms with E-state index in [9.17, 15) is 4.79 Å². The minimum absolute atomic E-state index is 0.0862. The number of rotatable bonds is 4. The van der Waals surface area contributed by atoms with Gasteiger partial charge in [-0.15, -0.1) is 21.5 Å². The molecule has 0 fully saturated rings. The summed E-state index contributed by atoms with van der Waals surface area (Å²) in [6.45, 7) is 0. The largest absolute Gasteiger partial charge is 0.411 e. The molecular formula is C17H11N5O2S2. The number of thioether (sulfide) groups is 1. The van der Waals surface area contributed by atoms with Gasteiger partial charge in [0.1, 0.15) is 0 Å². The molecule has 128 valence electrons. The highest BCUT2D eigenvalue weighted by Crippen LogP contribution is 2.30. The fourth-order valence-corrected chi connectivity index (χ4v) is 4.12. The highest BCUT2D eigenvalue weighted by molar-refractivity contribution is 7.98. The van der Waals surface area contributed by atoms with Gasteiger partial charge in [-0.1, -0.05) is 30.0 Å². The monoisotopic (exact) mass is 381 g/mol. The molecule has 1 N–H and O–H groups in total. The second-order valence-electron chi connectivity index (χ2n) is 5.55. The molecular weight excluding hydrogens is 370 g/mol. The number of hydrogen-bond acceptors (Lipinski definition) is 7. The normalized spacial score (nSPS) is 11.5. The molecule has 0 spiro atoms. The number of thiazole rings is 1. The molecule has 0 saturated heterocycles. The molecule has 0 amide bonds. The molecule has 0 unspecified atom stereocenters. The van der Waals surface area contributed by atoms with Crippen LogP contribution in [-0.4, -0.2) is 24.6 Å². The Kier molecular flexibility index (Phi) is 3.61. The topological polar surface area (TPSA) is 89.1 Å². The van der Waals surface area contributed by atoms with Crippen LogP contribution >= 0.6 is 23.1 Å². The summed E-state index contributed by atoms with van der Waals surface area (Å²) in [6.07, 6.45) is 3.58. The maximum absolute atomic E-state index is 12.0. The molecule has 9 heteroatoms. The smallest absolute Gasteiger partial charge is 0.277 e. The van der Waals surface area contributed by atoms with Gasteiger partial charge in [-0.3, -0.25) is 9.20 Å². The lowest BCUT2D eigenvalue weighted by Gasteiger charge is -1.98. The Morgan fingerprint density at radius 3 is 3.15 bits per heavy atom. The Balaban J connectivity index is 1.39. The van der Waals surface area contributed by atoms with Gasteiger partial charge in [0.25, 0.3) is 16.7 Å². The minimum Gasteiger partial charge on any atom is -0.411 e. The maximum Gasteiger partial charge on any atom is 0.277 e. The second kappa shape index (κ2) is 6.11. The lowest BCUT2D eigenvalue weighted by molar-refractivity contribution is 0.466. The Hall–Kier alpha value is -2.91. The first kappa shape index (κ1) is 15.4. The molecule has 0 aliphatic heterocycles. The van der Waals surface area contributed by atoms with Crippen LogP contribution in [0, 0.1) is 0 Å². The van der Waals surface area contributed by atoms with Crippen molar-refractivity contribution >= 4 is 39.0 Å². The summed E-state index contributed by atoms with van der Waals surface area (Å²) in [5, 5.41) is 11.5. The van der Waals surface area contributed by atoms with Crippen LogP contribution in [0.15, 0.2) is 62.5 Å². The van der Waals surface area contributed by atoms with E-state index in [1.54, 1.807) is 6.20 Å². The Morgan fingerprint density at radius 1 is 1.27 bits per heavy atom. The summed E-state index contributed by atoms with van der Waals surface area (Å²) in [5.74, 6) is 0.950. The van der Waals surface area contributed by atoms with E-state index in [0.717, 1.165) is 16.5 Å². The van der Waals surface area contributed by atoms with Crippen LogP contribution in [0.3, 0.4) is 0 Å². The summed E-state index contributed by atoms with van der Waals surface area (Å²) in [7, 11) is 0. The van der Waals surface area contributed by atoms with Gasteiger partial charge < -0.3 is 9.40 Å². The van der Waals surface area contributed by atoms with E-state index in [1.165, 1.54) is 33.6 Å². The zero-order chi connectivity index (χ0) is 17.5. The lowest BCUT2D eigenvalue weighted by atomic mass is 10.2. The summed E-state index contributed by atoms with van der Waals surface area (Å²) in [6, 6.07) is 9.47. The van der Waals surface area contributed by atoms with Gasteiger partial charge in [-0.05, 0) is 6.07 Å².